The maximum atomic E-state index is 14.1. The van der Waals surface area contributed by atoms with E-state index >= 15 is 0 Å². The molecule has 1 amide bonds. The summed E-state index contributed by atoms with van der Waals surface area (Å²) in [6, 6.07) is 11.7. The highest BCUT2D eigenvalue weighted by Gasteiger charge is 2.18. The smallest absolute Gasteiger partial charge is 0.324 e. The van der Waals surface area contributed by atoms with Crippen LogP contribution in [0.5, 0.6) is 0 Å². The fourth-order valence-corrected chi connectivity index (χ4v) is 4.08. The molecule has 4 aromatic rings. The summed E-state index contributed by atoms with van der Waals surface area (Å²) in [6.45, 7) is 0.953. The first-order chi connectivity index (χ1) is 14.8. The molecule has 0 bridgehead atoms. The Morgan fingerprint density at radius 2 is 1.81 bits per heavy atom. The van der Waals surface area contributed by atoms with Crippen LogP contribution in [-0.2, 0) is 17.9 Å². The van der Waals surface area contributed by atoms with Crippen molar-refractivity contribution in [2.24, 2.45) is 0 Å². The number of anilines is 1. The minimum absolute atomic E-state index is 0.184. The Morgan fingerprint density at radius 1 is 1.03 bits per heavy atom. The molecule has 2 aromatic carbocycles. The minimum Gasteiger partial charge on any atom is -0.324 e. The predicted octanol–water partition coefficient (Wildman–Crippen LogP) is 3.50. The van der Waals surface area contributed by atoms with Crippen LogP contribution in [0.1, 0.15) is 11.1 Å². The number of thiophene rings is 1. The Bertz CT molecular complexity index is 1420. The van der Waals surface area contributed by atoms with Gasteiger partial charge < -0.3 is 5.32 Å². The van der Waals surface area contributed by atoms with Gasteiger partial charge in [0.15, 0.2) is 0 Å². The van der Waals surface area contributed by atoms with E-state index in [2.05, 4.69) is 5.32 Å². The van der Waals surface area contributed by atoms with Gasteiger partial charge in [-0.05, 0) is 42.1 Å². The molecule has 0 saturated heterocycles. The number of aromatic nitrogens is 2. The summed E-state index contributed by atoms with van der Waals surface area (Å²) < 4.78 is 30.2. The molecule has 0 radical (unpaired) electrons. The van der Waals surface area contributed by atoms with Crippen LogP contribution in [0.25, 0.3) is 10.2 Å². The zero-order valence-corrected chi connectivity index (χ0v) is 17.2. The van der Waals surface area contributed by atoms with Crippen molar-refractivity contribution in [2.75, 3.05) is 5.32 Å². The maximum Gasteiger partial charge on any atom is 0.332 e. The first-order valence-corrected chi connectivity index (χ1v) is 10.2. The first-order valence-electron chi connectivity index (χ1n) is 9.35. The van der Waals surface area contributed by atoms with Crippen molar-refractivity contribution in [3.8, 4) is 0 Å². The van der Waals surface area contributed by atoms with Gasteiger partial charge in [0.2, 0.25) is 5.91 Å². The molecule has 0 spiro atoms. The number of rotatable bonds is 5. The zero-order valence-electron chi connectivity index (χ0n) is 16.4. The summed E-state index contributed by atoms with van der Waals surface area (Å²) in [5, 5.41) is 4.19. The molecule has 1 N–H and O–H groups in total. The number of fused-ring (bicyclic) bond motifs is 1. The van der Waals surface area contributed by atoms with Gasteiger partial charge in [-0.15, -0.1) is 11.3 Å². The number of benzene rings is 2. The van der Waals surface area contributed by atoms with E-state index in [9.17, 15) is 23.2 Å². The highest BCUT2D eigenvalue weighted by atomic mass is 32.1. The Kier molecular flexibility index (Phi) is 5.51. The van der Waals surface area contributed by atoms with Crippen LogP contribution >= 0.6 is 11.3 Å². The lowest BCUT2D eigenvalue weighted by Gasteiger charge is -2.13. The third-order valence-electron chi connectivity index (χ3n) is 4.88. The number of aryl methyl sites for hydroxylation is 1. The molecule has 2 heterocycles. The second-order valence-electron chi connectivity index (χ2n) is 7.00. The number of amides is 1. The van der Waals surface area contributed by atoms with Gasteiger partial charge in [0, 0.05) is 11.3 Å². The monoisotopic (exact) mass is 441 g/mol. The van der Waals surface area contributed by atoms with Crippen molar-refractivity contribution < 1.29 is 13.6 Å². The molecule has 9 heteroatoms. The van der Waals surface area contributed by atoms with Crippen molar-refractivity contribution in [1.82, 2.24) is 9.13 Å². The predicted molar refractivity (Wildman–Crippen MR) is 116 cm³/mol. The Morgan fingerprint density at radius 3 is 2.55 bits per heavy atom. The van der Waals surface area contributed by atoms with Crippen molar-refractivity contribution in [2.45, 2.75) is 20.0 Å². The lowest BCUT2D eigenvalue weighted by Crippen LogP contribution is -2.41. The van der Waals surface area contributed by atoms with Crippen molar-refractivity contribution >= 4 is 33.1 Å². The van der Waals surface area contributed by atoms with Crippen LogP contribution in [0.15, 0.2) is 63.5 Å². The number of halogens is 2. The van der Waals surface area contributed by atoms with Gasteiger partial charge in [0.05, 0.1) is 12.1 Å². The largest absolute Gasteiger partial charge is 0.332 e. The molecule has 2 aromatic heterocycles. The summed E-state index contributed by atoms with van der Waals surface area (Å²) in [7, 11) is 0. The van der Waals surface area contributed by atoms with Crippen molar-refractivity contribution in [3.05, 3.63) is 97.5 Å². The number of hydrogen-bond acceptors (Lipinski definition) is 4. The summed E-state index contributed by atoms with van der Waals surface area (Å²) >= 11 is 1.13. The van der Waals surface area contributed by atoms with Gasteiger partial charge >= 0.3 is 5.69 Å². The maximum absolute atomic E-state index is 14.1. The van der Waals surface area contributed by atoms with E-state index in [1.54, 1.807) is 30.5 Å². The first kappa shape index (κ1) is 20.7. The third-order valence-corrected chi connectivity index (χ3v) is 5.77. The Balaban J connectivity index is 1.72. The van der Waals surface area contributed by atoms with Gasteiger partial charge in [-0.3, -0.25) is 18.7 Å². The SMILES string of the molecule is Cc1ccc(NC(=O)Cn2c(=O)n(Cc3ccccc3F)c(=O)c3sccc32)cc1F. The standard InChI is InChI=1S/C22H17F2N3O3S/c1-13-6-7-15(10-17(13)24)25-19(28)12-26-18-8-9-31-20(18)21(29)27(22(26)30)11-14-4-2-3-5-16(14)23/h2-10H,11-12H2,1H3,(H,25,28). The van der Waals surface area contributed by atoms with Crippen LogP contribution in [-0.4, -0.2) is 15.0 Å². The van der Waals surface area contributed by atoms with Crippen LogP contribution in [0, 0.1) is 18.6 Å². The number of carbonyl (C=O) groups excluding carboxylic acids is 1. The average molecular weight is 441 g/mol. The highest BCUT2D eigenvalue weighted by Crippen LogP contribution is 2.17. The number of carbonyl (C=O) groups is 1. The highest BCUT2D eigenvalue weighted by molar-refractivity contribution is 7.17. The van der Waals surface area contributed by atoms with E-state index in [0.29, 0.717) is 11.1 Å². The van der Waals surface area contributed by atoms with Crippen LogP contribution in [0.2, 0.25) is 0 Å². The van der Waals surface area contributed by atoms with Gasteiger partial charge in [0.1, 0.15) is 22.9 Å². The zero-order chi connectivity index (χ0) is 22.1. The lowest BCUT2D eigenvalue weighted by molar-refractivity contribution is -0.116. The van der Waals surface area contributed by atoms with Gasteiger partial charge in [-0.25, -0.2) is 13.6 Å². The third kappa shape index (κ3) is 4.04. The van der Waals surface area contributed by atoms with Crippen LogP contribution in [0.3, 0.4) is 0 Å². The van der Waals surface area contributed by atoms with E-state index in [1.165, 1.54) is 30.3 Å². The second-order valence-corrected chi connectivity index (χ2v) is 7.91. The number of nitrogens with zero attached hydrogens (tertiary/aromatic N) is 2. The van der Waals surface area contributed by atoms with Crippen LogP contribution in [0.4, 0.5) is 14.5 Å². The van der Waals surface area contributed by atoms with E-state index in [0.717, 1.165) is 20.5 Å². The van der Waals surface area contributed by atoms with Crippen molar-refractivity contribution in [3.63, 3.8) is 0 Å². The van der Waals surface area contributed by atoms with Crippen LogP contribution < -0.4 is 16.6 Å². The summed E-state index contributed by atoms with van der Waals surface area (Å²) in [5.41, 5.74) is -0.0875. The molecule has 0 atom stereocenters. The van der Waals surface area contributed by atoms with Gasteiger partial charge in [0.25, 0.3) is 5.56 Å². The minimum atomic E-state index is -0.732. The normalized spacial score (nSPS) is 11.1. The molecule has 0 fully saturated rings. The fourth-order valence-electron chi connectivity index (χ4n) is 3.24. The molecular weight excluding hydrogens is 424 g/mol. The molecule has 6 nitrogen and oxygen atoms in total. The summed E-state index contributed by atoms with van der Waals surface area (Å²) in [4.78, 5) is 38.5. The molecule has 0 unspecified atom stereocenters. The Hall–Kier alpha value is -3.59. The summed E-state index contributed by atoms with van der Waals surface area (Å²) in [5.74, 6) is -1.56. The average Bonchev–Trinajstić information content (AvgIpc) is 3.22. The quantitative estimate of drug-likeness (QED) is 0.515. The van der Waals surface area contributed by atoms with Gasteiger partial charge in [-0.1, -0.05) is 24.3 Å². The molecule has 158 valence electrons. The molecule has 0 saturated carbocycles. The molecule has 4 rings (SSSR count). The lowest BCUT2D eigenvalue weighted by atomic mass is 10.2. The van der Waals surface area contributed by atoms with E-state index < -0.39 is 28.8 Å². The number of hydrogen-bond donors (Lipinski definition) is 1. The molecule has 0 aliphatic carbocycles. The Labute approximate surface area is 179 Å². The molecule has 0 aliphatic rings. The topological polar surface area (TPSA) is 73.1 Å². The summed E-state index contributed by atoms with van der Waals surface area (Å²) in [6.07, 6.45) is 0. The number of nitrogens with one attached hydrogen (secondary N) is 1. The van der Waals surface area contributed by atoms with E-state index in [1.807, 2.05) is 0 Å². The molecular formula is C22H17F2N3O3S. The van der Waals surface area contributed by atoms with Crippen molar-refractivity contribution in [1.29, 1.82) is 0 Å². The van der Waals surface area contributed by atoms with E-state index in [4.69, 9.17) is 0 Å². The second kappa shape index (κ2) is 8.27. The molecule has 31 heavy (non-hydrogen) atoms. The van der Waals surface area contributed by atoms with E-state index in [-0.39, 0.29) is 29.0 Å². The molecule has 0 aliphatic heterocycles. The van der Waals surface area contributed by atoms with Gasteiger partial charge in [-0.2, -0.15) is 0 Å². The fraction of sp³-hybridized carbons (Fsp3) is 0.136.